The lowest BCUT2D eigenvalue weighted by atomic mass is 9.92. The predicted molar refractivity (Wildman–Crippen MR) is 145 cm³/mol. The lowest BCUT2D eigenvalue weighted by molar-refractivity contribution is 0.0952. The Bertz CT molecular complexity index is 1300. The third-order valence-corrected chi connectivity index (χ3v) is 8.04. The molecule has 4 rings (SSSR count). The van der Waals surface area contributed by atoms with Crippen molar-refractivity contribution in [3.63, 3.8) is 0 Å². The number of unbranched alkanes of at least 4 members (excludes halogenated alkanes) is 1. The molecule has 1 amide bonds. The number of rotatable bonds is 11. The van der Waals surface area contributed by atoms with Crippen LogP contribution in [-0.2, 0) is 10.0 Å². The van der Waals surface area contributed by atoms with Gasteiger partial charge in [0, 0.05) is 23.2 Å². The van der Waals surface area contributed by atoms with E-state index in [1.807, 2.05) is 6.07 Å². The Kier molecular flexibility index (Phi) is 9.09. The first-order valence-corrected chi connectivity index (χ1v) is 14.2. The van der Waals surface area contributed by atoms with Crippen molar-refractivity contribution < 1.29 is 18.0 Å². The van der Waals surface area contributed by atoms with Gasteiger partial charge in [-0.05, 0) is 74.7 Å². The van der Waals surface area contributed by atoms with Gasteiger partial charge in [-0.15, -0.1) is 0 Å². The van der Waals surface area contributed by atoms with Crippen LogP contribution in [0.3, 0.4) is 0 Å². The average molecular weight is 520 g/mol. The van der Waals surface area contributed by atoms with Crippen molar-refractivity contribution in [2.24, 2.45) is 5.92 Å². The second kappa shape index (κ2) is 12.7. The average Bonchev–Trinajstić information content (AvgIpc) is 2.93. The van der Waals surface area contributed by atoms with Crippen molar-refractivity contribution in [3.05, 3.63) is 95.6 Å². The molecule has 7 nitrogen and oxygen atoms in total. The van der Waals surface area contributed by atoms with Gasteiger partial charge in [-0.3, -0.25) is 14.3 Å². The lowest BCUT2D eigenvalue weighted by Gasteiger charge is -2.22. The number of carbonyl (C=O) groups is 2. The Labute approximate surface area is 218 Å². The highest BCUT2D eigenvalue weighted by Gasteiger charge is 2.20. The van der Waals surface area contributed by atoms with Crippen LogP contribution in [0, 0.1) is 5.92 Å². The molecular weight excluding hydrogens is 486 g/mol. The van der Waals surface area contributed by atoms with Crippen molar-refractivity contribution >= 4 is 27.4 Å². The van der Waals surface area contributed by atoms with Gasteiger partial charge >= 0.3 is 0 Å². The van der Waals surface area contributed by atoms with Crippen LogP contribution in [-0.4, -0.2) is 39.7 Å². The normalized spacial score (nSPS) is 14.2. The summed E-state index contributed by atoms with van der Waals surface area (Å²) < 4.78 is 28.6. The maximum absolute atomic E-state index is 13.0. The molecule has 0 atom stereocenters. The first kappa shape index (κ1) is 26.6. The van der Waals surface area contributed by atoms with Crippen LogP contribution in [0.2, 0.25) is 0 Å². The van der Waals surface area contributed by atoms with Gasteiger partial charge in [0.1, 0.15) is 0 Å². The van der Waals surface area contributed by atoms with Crippen LogP contribution < -0.4 is 15.4 Å². The van der Waals surface area contributed by atoms with Gasteiger partial charge in [0.2, 0.25) is 0 Å². The maximum Gasteiger partial charge on any atom is 0.261 e. The Balaban J connectivity index is 1.33. The van der Waals surface area contributed by atoms with E-state index in [-0.39, 0.29) is 27.8 Å². The predicted octanol–water partition coefficient (Wildman–Crippen LogP) is 4.62. The zero-order chi connectivity index (χ0) is 26.1. The van der Waals surface area contributed by atoms with E-state index in [9.17, 15) is 18.0 Å². The molecule has 0 bridgehead atoms. The second-order valence-electron chi connectivity index (χ2n) is 9.32. The van der Waals surface area contributed by atoms with Crippen molar-refractivity contribution in [1.82, 2.24) is 10.6 Å². The van der Waals surface area contributed by atoms with Crippen molar-refractivity contribution in [1.29, 1.82) is 0 Å². The summed E-state index contributed by atoms with van der Waals surface area (Å²) in [4.78, 5) is 25.4. The molecule has 1 aliphatic heterocycles. The standard InChI is InChI=1S/C29H33N3O4S/c33-28(23-9-2-1-3-10-23)26-11-4-5-12-27(26)32-37(35,36)25-15-13-24(14-16-25)29(34)31-19-7-6-8-22-17-20-30-21-18-22/h1-5,9-16,22,30,32H,6-8,17-21H2,(H,31,34). The first-order valence-electron chi connectivity index (χ1n) is 12.7. The molecule has 0 aliphatic carbocycles. The number of benzene rings is 3. The molecule has 0 radical (unpaired) electrons. The van der Waals surface area contributed by atoms with Crippen molar-refractivity contribution in [2.75, 3.05) is 24.4 Å². The smallest absolute Gasteiger partial charge is 0.261 e. The molecule has 37 heavy (non-hydrogen) atoms. The van der Waals surface area contributed by atoms with Crippen LogP contribution in [0.15, 0.2) is 83.8 Å². The van der Waals surface area contributed by atoms with E-state index in [4.69, 9.17) is 0 Å². The minimum Gasteiger partial charge on any atom is -0.352 e. The molecule has 1 fully saturated rings. The minimum absolute atomic E-state index is 0.00739. The van der Waals surface area contributed by atoms with E-state index in [0.29, 0.717) is 17.7 Å². The van der Waals surface area contributed by atoms with Gasteiger partial charge in [0.15, 0.2) is 5.78 Å². The topological polar surface area (TPSA) is 104 Å². The SMILES string of the molecule is O=C(NCCCCC1CCNCC1)c1ccc(S(=O)(=O)Nc2ccccc2C(=O)c2ccccc2)cc1. The molecule has 3 aromatic carbocycles. The van der Waals surface area contributed by atoms with Gasteiger partial charge in [0.05, 0.1) is 10.6 Å². The summed E-state index contributed by atoms with van der Waals surface area (Å²) in [5, 5.41) is 6.29. The Morgan fingerprint density at radius 1 is 0.811 bits per heavy atom. The molecule has 1 aliphatic rings. The molecule has 0 saturated carbocycles. The summed E-state index contributed by atoms with van der Waals surface area (Å²) in [6.07, 6.45) is 5.66. The Morgan fingerprint density at radius 3 is 2.22 bits per heavy atom. The fourth-order valence-electron chi connectivity index (χ4n) is 4.54. The van der Waals surface area contributed by atoms with Crippen LogP contribution in [0.4, 0.5) is 5.69 Å². The fourth-order valence-corrected chi connectivity index (χ4v) is 5.62. The molecule has 1 saturated heterocycles. The van der Waals surface area contributed by atoms with Crippen molar-refractivity contribution in [3.8, 4) is 0 Å². The number of nitrogens with one attached hydrogen (secondary N) is 3. The van der Waals surface area contributed by atoms with Gasteiger partial charge in [-0.2, -0.15) is 0 Å². The van der Waals surface area contributed by atoms with E-state index in [1.54, 1.807) is 48.5 Å². The van der Waals surface area contributed by atoms with E-state index < -0.39 is 10.0 Å². The van der Waals surface area contributed by atoms with Crippen LogP contribution in [0.25, 0.3) is 0 Å². The summed E-state index contributed by atoms with van der Waals surface area (Å²) in [6.45, 7) is 2.79. The monoisotopic (exact) mass is 519 g/mol. The maximum atomic E-state index is 13.0. The third-order valence-electron chi connectivity index (χ3n) is 6.66. The molecular formula is C29H33N3O4S. The number of ketones is 1. The summed E-state index contributed by atoms with van der Waals surface area (Å²) in [7, 11) is -3.97. The molecule has 0 unspecified atom stereocenters. The molecule has 1 heterocycles. The van der Waals surface area contributed by atoms with Crippen LogP contribution in [0.1, 0.15) is 58.4 Å². The number of anilines is 1. The summed E-state index contributed by atoms with van der Waals surface area (Å²) in [5.41, 5.74) is 1.32. The van der Waals surface area contributed by atoms with Crippen LogP contribution in [0.5, 0.6) is 0 Å². The Morgan fingerprint density at radius 2 is 1.49 bits per heavy atom. The number of carbonyl (C=O) groups excluding carboxylic acids is 2. The number of para-hydroxylation sites is 1. The highest BCUT2D eigenvalue weighted by molar-refractivity contribution is 7.92. The summed E-state index contributed by atoms with van der Waals surface area (Å²) in [6, 6.07) is 21.0. The molecule has 3 N–H and O–H groups in total. The highest BCUT2D eigenvalue weighted by Crippen LogP contribution is 2.23. The van der Waals surface area contributed by atoms with E-state index in [1.165, 1.54) is 43.5 Å². The fraction of sp³-hybridized carbons (Fsp3) is 0.310. The summed E-state index contributed by atoms with van der Waals surface area (Å²) >= 11 is 0. The number of piperidine rings is 1. The summed E-state index contributed by atoms with van der Waals surface area (Å²) in [5.74, 6) is 0.280. The first-order chi connectivity index (χ1) is 17.9. The number of amides is 1. The van der Waals surface area contributed by atoms with Crippen LogP contribution >= 0.6 is 0 Å². The Hall–Kier alpha value is -3.49. The molecule has 3 aromatic rings. The molecule has 0 spiro atoms. The second-order valence-corrected chi connectivity index (χ2v) is 11.0. The number of sulfonamides is 1. The number of hydrogen-bond acceptors (Lipinski definition) is 5. The van der Waals surface area contributed by atoms with Crippen molar-refractivity contribution in [2.45, 2.75) is 37.0 Å². The molecule has 194 valence electrons. The van der Waals surface area contributed by atoms with E-state index in [0.717, 1.165) is 31.8 Å². The quantitative estimate of drug-likeness (QED) is 0.253. The molecule has 0 aromatic heterocycles. The van der Waals surface area contributed by atoms with Gasteiger partial charge < -0.3 is 10.6 Å². The number of hydrogen-bond donors (Lipinski definition) is 3. The third kappa shape index (κ3) is 7.27. The van der Waals surface area contributed by atoms with E-state index in [2.05, 4.69) is 15.4 Å². The lowest BCUT2D eigenvalue weighted by Crippen LogP contribution is -2.28. The van der Waals surface area contributed by atoms with E-state index >= 15 is 0 Å². The minimum atomic E-state index is -3.97. The van der Waals surface area contributed by atoms with Gasteiger partial charge in [-0.25, -0.2) is 8.42 Å². The molecule has 8 heteroatoms. The van der Waals surface area contributed by atoms with Gasteiger partial charge in [-0.1, -0.05) is 55.3 Å². The zero-order valence-corrected chi connectivity index (χ0v) is 21.6. The largest absolute Gasteiger partial charge is 0.352 e. The highest BCUT2D eigenvalue weighted by atomic mass is 32.2. The van der Waals surface area contributed by atoms with Gasteiger partial charge in [0.25, 0.3) is 15.9 Å². The zero-order valence-electron chi connectivity index (χ0n) is 20.8.